The number of benzene rings is 2. The average molecular weight is 451 g/mol. The van der Waals surface area contributed by atoms with Crippen molar-refractivity contribution in [3.63, 3.8) is 0 Å². The van der Waals surface area contributed by atoms with E-state index in [9.17, 15) is 19.1 Å². The minimum Gasteiger partial charge on any atom is -0.504 e. The molecule has 2 aliphatic rings. The topological polar surface area (TPSA) is 87.7 Å². The number of hydrogen-bond acceptors (Lipinski definition) is 5. The van der Waals surface area contributed by atoms with E-state index in [2.05, 4.69) is 10.6 Å². The molecule has 1 aliphatic carbocycles. The predicted octanol–water partition coefficient (Wildman–Crippen LogP) is 4.78. The van der Waals surface area contributed by atoms with Crippen molar-refractivity contribution in [1.82, 2.24) is 5.32 Å². The molecule has 0 spiro atoms. The maximum atomic E-state index is 13.5. The lowest BCUT2D eigenvalue weighted by Crippen LogP contribution is -2.39. The number of aromatic hydroxyl groups is 1. The third kappa shape index (κ3) is 4.35. The van der Waals surface area contributed by atoms with E-state index in [1.54, 1.807) is 19.1 Å². The summed E-state index contributed by atoms with van der Waals surface area (Å²) >= 11 is 0. The van der Waals surface area contributed by atoms with Gasteiger partial charge in [-0.05, 0) is 60.7 Å². The molecule has 0 saturated carbocycles. The molecule has 0 radical (unpaired) electrons. The molecule has 0 saturated heterocycles. The lowest BCUT2D eigenvalue weighted by molar-refractivity contribution is -0.118. The van der Waals surface area contributed by atoms with Crippen LogP contribution in [-0.2, 0) is 9.59 Å². The minimum absolute atomic E-state index is 0.0228. The molecule has 7 heteroatoms. The second-order valence-electron chi connectivity index (χ2n) is 9.32. The Labute approximate surface area is 192 Å². The second kappa shape index (κ2) is 8.39. The van der Waals surface area contributed by atoms with E-state index in [4.69, 9.17) is 4.74 Å². The van der Waals surface area contributed by atoms with Gasteiger partial charge in [0.1, 0.15) is 5.82 Å². The first kappa shape index (κ1) is 22.6. The number of allylic oxidation sites excluding steroid dienone is 3. The van der Waals surface area contributed by atoms with Crippen LogP contribution in [0, 0.1) is 11.2 Å². The molecule has 0 aromatic heterocycles. The molecule has 1 amide bonds. The molecule has 4 rings (SSSR count). The normalized spacial score (nSPS) is 19.7. The number of ketones is 1. The zero-order valence-electron chi connectivity index (χ0n) is 19.1. The number of amides is 1. The molecular weight excluding hydrogens is 423 g/mol. The molecular formula is C26H27FN2O4. The number of phenolic OH excluding ortho intramolecular Hbond substituents is 1. The number of dihydropyridines is 1. The Kier molecular flexibility index (Phi) is 5.74. The Hall–Kier alpha value is -3.61. The molecule has 2 aromatic rings. The van der Waals surface area contributed by atoms with E-state index in [0.29, 0.717) is 40.9 Å². The van der Waals surface area contributed by atoms with Crippen LogP contribution in [0.15, 0.2) is 65.0 Å². The van der Waals surface area contributed by atoms with Crippen molar-refractivity contribution in [2.75, 3.05) is 12.4 Å². The molecule has 172 valence electrons. The number of rotatable bonds is 4. The number of anilines is 1. The summed E-state index contributed by atoms with van der Waals surface area (Å²) in [5.41, 5.74) is 3.29. The minimum atomic E-state index is -0.639. The third-order valence-electron chi connectivity index (χ3n) is 6.12. The van der Waals surface area contributed by atoms with Crippen LogP contribution in [0.2, 0.25) is 0 Å². The summed E-state index contributed by atoms with van der Waals surface area (Å²) in [6, 6.07) is 10.4. The zero-order valence-corrected chi connectivity index (χ0v) is 19.1. The van der Waals surface area contributed by atoms with Crippen molar-refractivity contribution in [3.8, 4) is 11.5 Å². The summed E-state index contributed by atoms with van der Waals surface area (Å²) in [6.45, 7) is 5.90. The number of methoxy groups -OCH3 is 1. The van der Waals surface area contributed by atoms with Gasteiger partial charge in [-0.25, -0.2) is 4.39 Å². The fraction of sp³-hybridized carbons (Fsp3) is 0.308. The highest BCUT2D eigenvalue weighted by atomic mass is 19.1. The summed E-state index contributed by atoms with van der Waals surface area (Å²) in [5, 5.41) is 16.2. The molecule has 0 bridgehead atoms. The number of carbonyl (C=O) groups excluding carboxylic acids is 2. The van der Waals surface area contributed by atoms with Crippen molar-refractivity contribution < 1.29 is 23.8 Å². The Morgan fingerprint density at radius 2 is 1.88 bits per heavy atom. The van der Waals surface area contributed by atoms with Crippen LogP contribution < -0.4 is 15.4 Å². The van der Waals surface area contributed by atoms with Gasteiger partial charge in [-0.1, -0.05) is 19.9 Å². The number of hydrogen-bond donors (Lipinski definition) is 3. The highest BCUT2D eigenvalue weighted by Crippen LogP contribution is 2.47. The van der Waals surface area contributed by atoms with Gasteiger partial charge in [0.15, 0.2) is 17.3 Å². The zero-order chi connectivity index (χ0) is 23.9. The molecule has 2 aromatic carbocycles. The average Bonchev–Trinajstić information content (AvgIpc) is 2.73. The Balaban J connectivity index is 1.83. The first-order valence-corrected chi connectivity index (χ1v) is 10.8. The standard InChI is InChI=1S/C26H27FN2O4/c1-14-22(25(32)29-17-8-6-16(27)7-9-17)23(15-5-10-19(30)21(11-15)33-4)24-18(28-14)12-26(2,3)13-20(24)31/h5-11,23,28,30H,12-13H2,1-4H3,(H,29,32)/t23-/m1/s1. The fourth-order valence-electron chi connectivity index (χ4n) is 4.68. The SMILES string of the molecule is COc1cc([C@@H]2C(C(=O)Nc3ccc(F)cc3)=C(C)NC3=C2C(=O)CC(C)(C)C3)ccc1O. The maximum Gasteiger partial charge on any atom is 0.254 e. The van der Waals surface area contributed by atoms with E-state index >= 15 is 0 Å². The second-order valence-corrected chi connectivity index (χ2v) is 9.32. The van der Waals surface area contributed by atoms with Gasteiger partial charge in [0.2, 0.25) is 0 Å². The van der Waals surface area contributed by atoms with Crippen LogP contribution in [-0.4, -0.2) is 23.9 Å². The van der Waals surface area contributed by atoms with Gasteiger partial charge >= 0.3 is 0 Å². The highest BCUT2D eigenvalue weighted by molar-refractivity contribution is 6.10. The van der Waals surface area contributed by atoms with Crippen molar-refractivity contribution in [2.45, 2.75) is 39.5 Å². The van der Waals surface area contributed by atoms with Crippen molar-refractivity contribution in [2.24, 2.45) is 5.41 Å². The van der Waals surface area contributed by atoms with Gasteiger partial charge in [-0.15, -0.1) is 0 Å². The smallest absolute Gasteiger partial charge is 0.254 e. The summed E-state index contributed by atoms with van der Waals surface area (Å²) in [4.78, 5) is 26.8. The Morgan fingerprint density at radius 3 is 2.55 bits per heavy atom. The van der Waals surface area contributed by atoms with Crippen LogP contribution in [0.5, 0.6) is 11.5 Å². The number of nitrogens with one attached hydrogen (secondary N) is 2. The first-order valence-electron chi connectivity index (χ1n) is 10.8. The van der Waals surface area contributed by atoms with E-state index in [1.807, 2.05) is 13.8 Å². The molecule has 0 fully saturated rings. The molecule has 1 heterocycles. The number of carbonyl (C=O) groups is 2. The quantitative estimate of drug-likeness (QED) is 0.624. The third-order valence-corrected chi connectivity index (χ3v) is 6.12. The Morgan fingerprint density at radius 1 is 1.18 bits per heavy atom. The van der Waals surface area contributed by atoms with Crippen LogP contribution >= 0.6 is 0 Å². The molecule has 6 nitrogen and oxygen atoms in total. The van der Waals surface area contributed by atoms with Gasteiger partial charge in [0, 0.05) is 40.6 Å². The van der Waals surface area contributed by atoms with E-state index in [0.717, 1.165) is 5.70 Å². The summed E-state index contributed by atoms with van der Waals surface area (Å²) < 4.78 is 18.6. The monoisotopic (exact) mass is 450 g/mol. The fourth-order valence-corrected chi connectivity index (χ4v) is 4.68. The van der Waals surface area contributed by atoms with E-state index < -0.39 is 17.6 Å². The van der Waals surface area contributed by atoms with Crippen molar-refractivity contribution in [3.05, 3.63) is 76.4 Å². The van der Waals surface area contributed by atoms with Gasteiger partial charge < -0.3 is 20.5 Å². The van der Waals surface area contributed by atoms with Gasteiger partial charge in [0.05, 0.1) is 7.11 Å². The summed E-state index contributed by atoms with van der Waals surface area (Å²) in [5.74, 6) is -1.23. The van der Waals surface area contributed by atoms with Crippen LogP contribution in [0.3, 0.4) is 0 Å². The van der Waals surface area contributed by atoms with Gasteiger partial charge in [-0.2, -0.15) is 0 Å². The van der Waals surface area contributed by atoms with Crippen LogP contribution in [0.4, 0.5) is 10.1 Å². The molecule has 0 unspecified atom stereocenters. The predicted molar refractivity (Wildman–Crippen MR) is 123 cm³/mol. The number of ether oxygens (including phenoxy) is 1. The number of Topliss-reactive ketones (excluding diaryl/α,β-unsaturated/α-hetero) is 1. The van der Waals surface area contributed by atoms with Crippen LogP contribution in [0.25, 0.3) is 0 Å². The molecule has 3 N–H and O–H groups in total. The lowest BCUT2D eigenvalue weighted by atomic mass is 9.68. The van der Waals surface area contributed by atoms with Crippen molar-refractivity contribution in [1.29, 1.82) is 0 Å². The lowest BCUT2D eigenvalue weighted by Gasteiger charge is -2.39. The van der Waals surface area contributed by atoms with Gasteiger partial charge in [-0.3, -0.25) is 9.59 Å². The van der Waals surface area contributed by atoms with Crippen molar-refractivity contribution >= 4 is 17.4 Å². The summed E-state index contributed by atoms with van der Waals surface area (Å²) in [7, 11) is 1.45. The maximum absolute atomic E-state index is 13.5. The Bertz CT molecular complexity index is 1200. The molecule has 1 aliphatic heterocycles. The molecule has 33 heavy (non-hydrogen) atoms. The highest BCUT2D eigenvalue weighted by Gasteiger charge is 2.42. The number of halogens is 1. The molecule has 1 atom stereocenters. The van der Waals surface area contributed by atoms with Gasteiger partial charge in [0.25, 0.3) is 5.91 Å². The first-order chi connectivity index (χ1) is 15.6. The van der Waals surface area contributed by atoms with E-state index in [1.165, 1.54) is 37.4 Å². The summed E-state index contributed by atoms with van der Waals surface area (Å²) in [6.07, 6.45) is 1.04. The largest absolute Gasteiger partial charge is 0.504 e. The van der Waals surface area contributed by atoms with Crippen LogP contribution in [0.1, 0.15) is 45.1 Å². The van der Waals surface area contributed by atoms with E-state index in [-0.39, 0.29) is 22.7 Å². The number of phenols is 1.